The van der Waals surface area contributed by atoms with E-state index in [0.29, 0.717) is 0 Å². The summed E-state index contributed by atoms with van der Waals surface area (Å²) in [5.74, 6) is 0. The van der Waals surface area contributed by atoms with Gasteiger partial charge >= 0.3 is 27.0 Å². The number of benzene rings is 1. The average Bonchev–Trinajstić information content (AvgIpc) is 2.10. The molecule has 0 aliphatic carbocycles. The molecule has 0 unspecified atom stereocenters. The number of nitrogens with zero attached hydrogens (tertiary/aromatic N) is 1. The molecule has 0 N–H and O–H groups in total. The molecule has 0 fully saturated rings. The van der Waals surface area contributed by atoms with Gasteiger partial charge in [0.05, 0.1) is 0 Å². The van der Waals surface area contributed by atoms with E-state index < -0.39 is 0 Å². The zero-order valence-corrected chi connectivity index (χ0v) is 10.6. The Kier molecular flexibility index (Phi) is 6.59. The zero-order chi connectivity index (χ0) is 8.69. The second kappa shape index (κ2) is 6.63. The molecule has 0 bridgehead atoms. The van der Waals surface area contributed by atoms with Gasteiger partial charge in [-0.25, -0.2) is 0 Å². The number of anilines is 1. The van der Waals surface area contributed by atoms with E-state index in [1.807, 2.05) is 32.3 Å². The number of halogens is 1. The summed E-state index contributed by atoms with van der Waals surface area (Å²) in [6.45, 7) is 0. The fraction of sp³-hybridized carbons (Fsp3) is 0.250. The van der Waals surface area contributed by atoms with Crippen molar-refractivity contribution in [2.24, 2.45) is 0 Å². The standard InChI is InChI=1S/C8H10N.ClH.Zn/c1-9(2)8-6-4-3-5-7-8;;/h3-4,6-7H,1-2H3;1H;/q-1;;+2/p-1. The summed E-state index contributed by atoms with van der Waals surface area (Å²) in [7, 11) is 8.80. The van der Waals surface area contributed by atoms with Crippen LogP contribution in [0.4, 0.5) is 5.69 Å². The molecule has 0 spiro atoms. The minimum atomic E-state index is 0.847. The van der Waals surface area contributed by atoms with E-state index >= 15 is 0 Å². The third kappa shape index (κ3) is 4.39. The Morgan fingerprint density at radius 3 is 2.36 bits per heavy atom. The molecule has 0 saturated heterocycles. The third-order valence-corrected chi connectivity index (χ3v) is 1.21. The molecule has 0 aromatic heterocycles. The monoisotopic (exact) mass is 219 g/mol. The van der Waals surface area contributed by atoms with Crippen molar-refractivity contribution >= 4 is 15.4 Å². The first kappa shape index (κ1) is 10.9. The molecular weight excluding hydrogens is 211 g/mol. The van der Waals surface area contributed by atoms with E-state index in [1.54, 1.807) is 0 Å². The molecule has 0 amide bonds. The van der Waals surface area contributed by atoms with Gasteiger partial charge in [-0.2, -0.15) is 24.3 Å². The van der Waals surface area contributed by atoms with Crippen LogP contribution < -0.4 is 4.90 Å². The van der Waals surface area contributed by atoms with Crippen LogP contribution in [0.1, 0.15) is 0 Å². The molecule has 0 heterocycles. The molecule has 0 saturated carbocycles. The van der Waals surface area contributed by atoms with Gasteiger partial charge in [0.1, 0.15) is 0 Å². The van der Waals surface area contributed by atoms with Crippen LogP contribution in [-0.2, 0) is 17.3 Å². The number of rotatable bonds is 1. The third-order valence-electron chi connectivity index (χ3n) is 1.21. The zero-order valence-electron chi connectivity index (χ0n) is 6.84. The molecule has 0 aliphatic rings. The van der Waals surface area contributed by atoms with Crippen molar-refractivity contribution in [3.05, 3.63) is 30.3 Å². The van der Waals surface area contributed by atoms with Crippen LogP contribution in [0, 0.1) is 6.07 Å². The van der Waals surface area contributed by atoms with Crippen LogP contribution in [0.5, 0.6) is 0 Å². The van der Waals surface area contributed by atoms with Gasteiger partial charge in [-0.15, -0.1) is 6.07 Å². The summed E-state index contributed by atoms with van der Waals surface area (Å²) < 4.78 is 0. The van der Waals surface area contributed by atoms with Gasteiger partial charge in [-0.1, -0.05) is 5.69 Å². The predicted octanol–water partition coefficient (Wildman–Crippen LogP) is 2.24. The first-order valence-electron chi connectivity index (χ1n) is 3.21. The van der Waals surface area contributed by atoms with Crippen molar-refractivity contribution in [1.29, 1.82) is 0 Å². The van der Waals surface area contributed by atoms with E-state index in [0.717, 1.165) is 17.3 Å². The van der Waals surface area contributed by atoms with E-state index in [-0.39, 0.29) is 0 Å². The molecule has 3 heteroatoms. The molecule has 0 aliphatic heterocycles. The second-order valence-electron chi connectivity index (χ2n) is 2.16. The summed E-state index contributed by atoms with van der Waals surface area (Å²) in [6, 6.07) is 10.9. The van der Waals surface area contributed by atoms with Crippen molar-refractivity contribution in [2.45, 2.75) is 0 Å². The summed E-state index contributed by atoms with van der Waals surface area (Å²) in [6.07, 6.45) is 0. The average molecular weight is 221 g/mol. The van der Waals surface area contributed by atoms with E-state index in [1.165, 1.54) is 5.69 Å². The molecule has 11 heavy (non-hydrogen) atoms. The van der Waals surface area contributed by atoms with Crippen LogP contribution >= 0.6 is 9.69 Å². The fourth-order valence-corrected chi connectivity index (χ4v) is 0.662. The van der Waals surface area contributed by atoms with Gasteiger partial charge < -0.3 is 4.90 Å². The maximum absolute atomic E-state index is 4.76. The van der Waals surface area contributed by atoms with Crippen LogP contribution in [-0.4, -0.2) is 14.1 Å². The van der Waals surface area contributed by atoms with Gasteiger partial charge in [0.2, 0.25) is 0 Å². The van der Waals surface area contributed by atoms with Gasteiger partial charge in [0, 0.05) is 0 Å². The summed E-state index contributed by atoms with van der Waals surface area (Å²) in [4.78, 5) is 2.05. The molecule has 0 atom stereocenters. The van der Waals surface area contributed by atoms with Gasteiger partial charge in [0.25, 0.3) is 0 Å². The van der Waals surface area contributed by atoms with Gasteiger partial charge in [-0.3, -0.25) is 0 Å². The van der Waals surface area contributed by atoms with E-state index in [2.05, 4.69) is 17.0 Å². The van der Waals surface area contributed by atoms with Crippen LogP contribution in [0.25, 0.3) is 0 Å². The van der Waals surface area contributed by atoms with Gasteiger partial charge in [-0.05, 0) is 14.1 Å². The van der Waals surface area contributed by atoms with E-state index in [4.69, 9.17) is 9.69 Å². The van der Waals surface area contributed by atoms with Crippen molar-refractivity contribution in [2.75, 3.05) is 19.0 Å². The Balaban J connectivity index is 0.000000461. The molecule has 1 aromatic carbocycles. The summed E-state index contributed by atoms with van der Waals surface area (Å²) in [5, 5.41) is 0. The first-order valence-corrected chi connectivity index (χ1v) is 7.11. The molecule has 56 valence electrons. The molecule has 1 aromatic rings. The van der Waals surface area contributed by atoms with Gasteiger partial charge in [0.15, 0.2) is 0 Å². The normalized spacial score (nSPS) is 8.09. The number of hydrogen-bond donors (Lipinski definition) is 0. The Labute approximate surface area is 82.1 Å². The Morgan fingerprint density at radius 2 is 2.09 bits per heavy atom. The fourth-order valence-electron chi connectivity index (χ4n) is 0.662. The summed E-state index contributed by atoms with van der Waals surface area (Å²) in [5.41, 5.74) is 1.19. The Morgan fingerprint density at radius 1 is 1.45 bits per heavy atom. The topological polar surface area (TPSA) is 3.24 Å². The van der Waals surface area contributed by atoms with Crippen molar-refractivity contribution in [1.82, 2.24) is 0 Å². The van der Waals surface area contributed by atoms with Crippen molar-refractivity contribution in [3.63, 3.8) is 0 Å². The summed E-state index contributed by atoms with van der Waals surface area (Å²) >= 11 is 0.847. The van der Waals surface area contributed by atoms with Crippen molar-refractivity contribution in [3.8, 4) is 0 Å². The quantitative estimate of drug-likeness (QED) is 0.519. The second-order valence-corrected chi connectivity index (χ2v) is 2.16. The first-order chi connectivity index (χ1) is 5.30. The number of hydrogen-bond acceptors (Lipinski definition) is 1. The van der Waals surface area contributed by atoms with Crippen molar-refractivity contribution < 1.29 is 17.3 Å². The van der Waals surface area contributed by atoms with E-state index in [9.17, 15) is 0 Å². The Hall–Kier alpha value is -0.0666. The molecule has 1 rings (SSSR count). The SMILES string of the molecule is CN(C)c1c[c-]ccc1.[Cl][Zn+]. The minimum absolute atomic E-state index is 0.847. The predicted molar refractivity (Wildman–Crippen MR) is 45.5 cm³/mol. The molecule has 0 radical (unpaired) electrons. The Bertz CT molecular complexity index is 177. The molecular formula is C8H10ClNZn. The van der Waals surface area contributed by atoms with Crippen LogP contribution in [0.2, 0.25) is 0 Å². The van der Waals surface area contributed by atoms with Crippen LogP contribution in [0.15, 0.2) is 24.3 Å². The molecule has 1 nitrogen and oxygen atoms in total. The maximum atomic E-state index is 4.76. The van der Waals surface area contributed by atoms with Crippen LogP contribution in [0.3, 0.4) is 0 Å².